The van der Waals surface area contributed by atoms with Crippen molar-refractivity contribution >= 4 is 11.6 Å². The van der Waals surface area contributed by atoms with Crippen LogP contribution in [0.25, 0.3) is 0 Å². The summed E-state index contributed by atoms with van der Waals surface area (Å²) in [5, 5.41) is 0.184. The third-order valence-electron chi connectivity index (χ3n) is 3.78. The predicted molar refractivity (Wildman–Crippen MR) is 74.1 cm³/mol. The third kappa shape index (κ3) is 2.27. The monoisotopic (exact) mass is 278 g/mol. The van der Waals surface area contributed by atoms with Gasteiger partial charge in [-0.15, -0.1) is 0 Å². The van der Waals surface area contributed by atoms with Crippen molar-refractivity contribution in [2.45, 2.75) is 39.2 Å². The number of aromatic nitrogens is 2. The topological polar surface area (TPSA) is 17.8 Å². The van der Waals surface area contributed by atoms with Crippen LogP contribution < -0.4 is 0 Å². The molecule has 1 aromatic heterocycles. The highest BCUT2D eigenvalue weighted by Gasteiger charge is 2.19. The highest BCUT2D eigenvalue weighted by atomic mass is 35.5. The van der Waals surface area contributed by atoms with E-state index in [-0.39, 0.29) is 10.8 Å². The van der Waals surface area contributed by atoms with Gasteiger partial charge in [0.25, 0.3) is 0 Å². The van der Waals surface area contributed by atoms with Crippen LogP contribution in [-0.2, 0) is 19.4 Å². The van der Waals surface area contributed by atoms with Crippen LogP contribution in [-0.4, -0.2) is 9.55 Å². The quantitative estimate of drug-likeness (QED) is 0.814. The van der Waals surface area contributed by atoms with Gasteiger partial charge in [0.15, 0.2) is 0 Å². The van der Waals surface area contributed by atoms with Gasteiger partial charge in [-0.25, -0.2) is 9.37 Å². The second-order valence-corrected chi connectivity index (χ2v) is 5.47. The first-order valence-electron chi connectivity index (χ1n) is 6.64. The van der Waals surface area contributed by atoms with Crippen molar-refractivity contribution in [3.63, 3.8) is 0 Å². The van der Waals surface area contributed by atoms with Gasteiger partial charge in [-0.3, -0.25) is 0 Å². The van der Waals surface area contributed by atoms with E-state index in [1.165, 1.54) is 24.2 Å². The molecule has 2 nitrogen and oxygen atoms in total. The molecule has 0 spiro atoms. The van der Waals surface area contributed by atoms with Gasteiger partial charge in [0.2, 0.25) is 0 Å². The molecule has 0 N–H and O–H groups in total. The summed E-state index contributed by atoms with van der Waals surface area (Å²) in [5.41, 5.74) is 3.08. The molecule has 1 aliphatic rings. The zero-order valence-electron chi connectivity index (χ0n) is 10.9. The molecule has 0 saturated carbocycles. The molecule has 2 aromatic rings. The molecule has 0 radical (unpaired) electrons. The van der Waals surface area contributed by atoms with Crippen LogP contribution in [0.1, 0.15) is 35.6 Å². The maximum atomic E-state index is 14.0. The Balaban J connectivity index is 1.99. The minimum Gasteiger partial charge on any atom is -0.327 e. The van der Waals surface area contributed by atoms with Crippen molar-refractivity contribution in [2.75, 3.05) is 0 Å². The van der Waals surface area contributed by atoms with E-state index in [0.29, 0.717) is 12.1 Å². The summed E-state index contributed by atoms with van der Waals surface area (Å²) in [4.78, 5) is 4.61. The second kappa shape index (κ2) is 4.97. The molecule has 19 heavy (non-hydrogen) atoms. The smallest absolute Gasteiger partial charge is 0.146 e. The maximum Gasteiger partial charge on any atom is 0.146 e. The van der Waals surface area contributed by atoms with Crippen LogP contribution in [0.3, 0.4) is 0 Å². The Morgan fingerprint density at radius 1 is 1.32 bits per heavy atom. The lowest BCUT2D eigenvalue weighted by atomic mass is 10.0. The molecule has 0 amide bonds. The summed E-state index contributed by atoms with van der Waals surface area (Å²) in [6, 6.07) is 5.16. The summed E-state index contributed by atoms with van der Waals surface area (Å²) < 4.78 is 16.1. The van der Waals surface area contributed by atoms with E-state index in [1.54, 1.807) is 18.2 Å². The first-order valence-corrected chi connectivity index (χ1v) is 7.02. The van der Waals surface area contributed by atoms with Gasteiger partial charge in [0, 0.05) is 11.3 Å². The van der Waals surface area contributed by atoms with Crippen LogP contribution in [0, 0.1) is 12.7 Å². The highest BCUT2D eigenvalue weighted by Crippen LogP contribution is 2.25. The molecule has 100 valence electrons. The Bertz CT molecular complexity index is 619. The van der Waals surface area contributed by atoms with Gasteiger partial charge < -0.3 is 4.57 Å². The van der Waals surface area contributed by atoms with Gasteiger partial charge in [-0.2, -0.15) is 0 Å². The Labute approximate surface area is 117 Å². The molecule has 4 heteroatoms. The van der Waals surface area contributed by atoms with Crippen molar-refractivity contribution < 1.29 is 4.39 Å². The molecule has 0 saturated heterocycles. The van der Waals surface area contributed by atoms with E-state index in [0.717, 1.165) is 18.7 Å². The van der Waals surface area contributed by atoms with E-state index in [2.05, 4.69) is 9.55 Å². The molecule has 0 fully saturated rings. The molecule has 1 aliphatic carbocycles. The number of aryl methyl sites for hydroxylation is 2. The van der Waals surface area contributed by atoms with Crippen molar-refractivity contribution in [3.05, 3.63) is 51.8 Å². The van der Waals surface area contributed by atoms with Crippen molar-refractivity contribution in [3.8, 4) is 0 Å². The third-order valence-corrected chi connectivity index (χ3v) is 4.08. The van der Waals surface area contributed by atoms with Gasteiger partial charge in [0.1, 0.15) is 11.6 Å². The number of nitrogens with zero attached hydrogens (tertiary/aromatic N) is 2. The van der Waals surface area contributed by atoms with Crippen LogP contribution in [0.2, 0.25) is 5.02 Å². The second-order valence-electron chi connectivity index (χ2n) is 5.06. The number of benzene rings is 1. The van der Waals surface area contributed by atoms with E-state index < -0.39 is 0 Å². The van der Waals surface area contributed by atoms with Gasteiger partial charge in [-0.1, -0.05) is 23.7 Å². The van der Waals surface area contributed by atoms with E-state index in [9.17, 15) is 4.39 Å². The first kappa shape index (κ1) is 12.7. The molecule has 0 atom stereocenters. The SMILES string of the molecule is Cc1nc2c(n1Cc1cccc(Cl)c1F)CCCC2. The fourth-order valence-corrected chi connectivity index (χ4v) is 2.98. The lowest BCUT2D eigenvalue weighted by Gasteiger charge is -2.15. The molecule has 1 aromatic carbocycles. The predicted octanol–water partition coefficient (Wildman–Crippen LogP) is 3.91. The number of rotatable bonds is 2. The number of hydrogen-bond donors (Lipinski definition) is 0. The molecular formula is C15H16ClFN2. The fourth-order valence-electron chi connectivity index (χ4n) is 2.79. The number of hydrogen-bond acceptors (Lipinski definition) is 1. The lowest BCUT2D eigenvalue weighted by molar-refractivity contribution is 0.582. The van der Waals surface area contributed by atoms with Crippen LogP contribution in [0.5, 0.6) is 0 Å². The Hall–Kier alpha value is -1.35. The summed E-state index contributed by atoms with van der Waals surface area (Å²) >= 11 is 5.84. The zero-order chi connectivity index (χ0) is 13.4. The van der Waals surface area contributed by atoms with Crippen LogP contribution in [0.15, 0.2) is 18.2 Å². The summed E-state index contributed by atoms with van der Waals surface area (Å²) in [7, 11) is 0. The molecular weight excluding hydrogens is 263 g/mol. The first-order chi connectivity index (χ1) is 9.16. The molecule has 3 rings (SSSR count). The van der Waals surface area contributed by atoms with Crippen LogP contribution in [0.4, 0.5) is 4.39 Å². The van der Waals surface area contributed by atoms with Gasteiger partial charge in [0.05, 0.1) is 17.3 Å². The minimum absolute atomic E-state index is 0.184. The normalized spacial score (nSPS) is 14.5. The summed E-state index contributed by atoms with van der Waals surface area (Å²) in [5.74, 6) is 0.646. The largest absolute Gasteiger partial charge is 0.327 e. The molecule has 0 aliphatic heterocycles. The molecule has 1 heterocycles. The summed E-state index contributed by atoms with van der Waals surface area (Å²) in [6.45, 7) is 2.50. The lowest BCUT2D eigenvalue weighted by Crippen LogP contribution is -2.11. The minimum atomic E-state index is -0.318. The summed E-state index contributed by atoms with van der Waals surface area (Å²) in [6.07, 6.45) is 4.48. The highest BCUT2D eigenvalue weighted by molar-refractivity contribution is 6.30. The average Bonchev–Trinajstić information content (AvgIpc) is 2.72. The Kier molecular flexibility index (Phi) is 3.31. The van der Waals surface area contributed by atoms with E-state index in [4.69, 9.17) is 11.6 Å². The van der Waals surface area contributed by atoms with E-state index >= 15 is 0 Å². The molecule has 0 unspecified atom stereocenters. The average molecular weight is 279 g/mol. The molecule has 0 bridgehead atoms. The van der Waals surface area contributed by atoms with Crippen LogP contribution >= 0.6 is 11.6 Å². The van der Waals surface area contributed by atoms with E-state index in [1.807, 2.05) is 6.92 Å². The van der Waals surface area contributed by atoms with Crippen molar-refractivity contribution in [2.24, 2.45) is 0 Å². The van der Waals surface area contributed by atoms with Crippen molar-refractivity contribution in [1.29, 1.82) is 0 Å². The Morgan fingerprint density at radius 3 is 2.95 bits per heavy atom. The van der Waals surface area contributed by atoms with Gasteiger partial charge >= 0.3 is 0 Å². The van der Waals surface area contributed by atoms with Gasteiger partial charge in [-0.05, 0) is 38.7 Å². The standard InChI is InChI=1S/C15H16ClFN2/c1-10-18-13-7-2-3-8-14(13)19(10)9-11-5-4-6-12(16)15(11)17/h4-6H,2-3,7-9H2,1H3. The maximum absolute atomic E-state index is 14.0. The number of fused-ring (bicyclic) bond motifs is 1. The number of halogens is 2. The number of imidazole rings is 1. The van der Waals surface area contributed by atoms with Crippen molar-refractivity contribution in [1.82, 2.24) is 9.55 Å². The fraction of sp³-hybridized carbons (Fsp3) is 0.400. The zero-order valence-corrected chi connectivity index (χ0v) is 11.7. The Morgan fingerprint density at radius 2 is 2.11 bits per heavy atom.